The van der Waals surface area contributed by atoms with E-state index in [9.17, 15) is 9.18 Å². The summed E-state index contributed by atoms with van der Waals surface area (Å²) < 4.78 is 24.7. The molecule has 1 amide bonds. The Bertz CT molecular complexity index is 549. The number of anilines is 1. The van der Waals surface area contributed by atoms with Crippen molar-refractivity contribution in [2.75, 3.05) is 5.73 Å². The summed E-state index contributed by atoms with van der Waals surface area (Å²) in [5, 5.41) is 2.87. The molecule has 3 N–H and O–H groups in total. The van der Waals surface area contributed by atoms with Crippen molar-refractivity contribution in [3.63, 3.8) is 0 Å². The first-order chi connectivity index (χ1) is 10.7. The zero-order valence-corrected chi connectivity index (χ0v) is 13.9. The van der Waals surface area contributed by atoms with Gasteiger partial charge in [0.25, 0.3) is 0 Å². The second-order valence-corrected chi connectivity index (χ2v) is 6.93. The second kappa shape index (κ2) is 7.06. The van der Waals surface area contributed by atoms with Crippen LogP contribution in [0.15, 0.2) is 18.2 Å². The Kier molecular flexibility index (Phi) is 5.34. The van der Waals surface area contributed by atoms with Gasteiger partial charge in [0.05, 0.1) is 6.10 Å². The van der Waals surface area contributed by atoms with Crippen LogP contribution in [0.25, 0.3) is 0 Å². The van der Waals surface area contributed by atoms with Gasteiger partial charge in [-0.15, -0.1) is 0 Å². The Hall–Kier alpha value is -1.98. The van der Waals surface area contributed by atoms with E-state index >= 15 is 0 Å². The maximum absolute atomic E-state index is 13.7. The van der Waals surface area contributed by atoms with Crippen molar-refractivity contribution in [3.05, 3.63) is 24.0 Å². The monoisotopic (exact) mass is 324 g/mol. The van der Waals surface area contributed by atoms with Crippen LogP contribution in [0.5, 0.6) is 5.75 Å². The highest BCUT2D eigenvalue weighted by Gasteiger charge is 2.26. The van der Waals surface area contributed by atoms with Gasteiger partial charge in [-0.25, -0.2) is 9.18 Å². The molecule has 23 heavy (non-hydrogen) atoms. The van der Waals surface area contributed by atoms with Crippen LogP contribution in [0.3, 0.4) is 0 Å². The lowest BCUT2D eigenvalue weighted by molar-refractivity contribution is 0.0470. The minimum Gasteiger partial charge on any atom is -0.487 e. The number of nitrogens with one attached hydrogen (secondary N) is 1. The largest absolute Gasteiger partial charge is 0.487 e. The van der Waals surface area contributed by atoms with E-state index in [1.54, 1.807) is 12.1 Å². The molecule has 1 aliphatic carbocycles. The number of nitrogen functional groups attached to an aromatic ring is 1. The minimum absolute atomic E-state index is 0.0511. The zero-order valence-electron chi connectivity index (χ0n) is 13.9. The highest BCUT2D eigenvalue weighted by molar-refractivity contribution is 5.68. The van der Waals surface area contributed by atoms with Gasteiger partial charge in [-0.05, 0) is 58.6 Å². The van der Waals surface area contributed by atoms with Gasteiger partial charge in [0.2, 0.25) is 0 Å². The van der Waals surface area contributed by atoms with Gasteiger partial charge in [-0.1, -0.05) is 0 Å². The zero-order chi connectivity index (χ0) is 17.0. The van der Waals surface area contributed by atoms with Crippen LogP contribution in [-0.2, 0) is 4.74 Å². The third-order valence-electron chi connectivity index (χ3n) is 3.64. The maximum atomic E-state index is 13.7. The number of carbonyl (C=O) groups is 1. The van der Waals surface area contributed by atoms with Crippen molar-refractivity contribution in [2.45, 2.75) is 64.2 Å². The molecule has 1 aromatic rings. The number of halogens is 1. The summed E-state index contributed by atoms with van der Waals surface area (Å²) in [6.45, 7) is 5.50. The van der Waals surface area contributed by atoms with Crippen LogP contribution in [0.1, 0.15) is 46.5 Å². The molecular formula is C17H25FN2O3. The van der Waals surface area contributed by atoms with Crippen molar-refractivity contribution in [1.29, 1.82) is 0 Å². The minimum atomic E-state index is -0.503. The Balaban J connectivity index is 1.79. The molecule has 1 aliphatic rings. The number of carbonyl (C=O) groups excluding carboxylic acids is 1. The molecule has 0 unspecified atom stereocenters. The molecule has 1 fully saturated rings. The van der Waals surface area contributed by atoms with Crippen LogP contribution < -0.4 is 15.8 Å². The van der Waals surface area contributed by atoms with Gasteiger partial charge in [0, 0.05) is 17.8 Å². The van der Waals surface area contributed by atoms with Crippen molar-refractivity contribution in [1.82, 2.24) is 5.32 Å². The number of hydrogen-bond acceptors (Lipinski definition) is 4. The van der Waals surface area contributed by atoms with Gasteiger partial charge in [0.1, 0.15) is 5.60 Å². The molecule has 1 saturated carbocycles. The van der Waals surface area contributed by atoms with E-state index in [2.05, 4.69) is 5.32 Å². The van der Waals surface area contributed by atoms with Gasteiger partial charge in [0.15, 0.2) is 11.6 Å². The highest BCUT2D eigenvalue weighted by atomic mass is 19.1. The average Bonchev–Trinajstić information content (AvgIpc) is 2.42. The number of ether oxygens (including phenoxy) is 2. The van der Waals surface area contributed by atoms with Crippen LogP contribution in [-0.4, -0.2) is 23.8 Å². The molecule has 128 valence electrons. The first-order valence-electron chi connectivity index (χ1n) is 7.94. The van der Waals surface area contributed by atoms with E-state index in [-0.39, 0.29) is 17.9 Å². The van der Waals surface area contributed by atoms with E-state index in [1.165, 1.54) is 6.07 Å². The molecule has 0 saturated heterocycles. The van der Waals surface area contributed by atoms with Gasteiger partial charge < -0.3 is 20.5 Å². The molecule has 0 aromatic heterocycles. The summed E-state index contributed by atoms with van der Waals surface area (Å²) in [4.78, 5) is 11.7. The number of alkyl carbamates (subject to hydrolysis) is 1. The van der Waals surface area contributed by atoms with E-state index in [4.69, 9.17) is 15.2 Å². The lowest BCUT2D eigenvalue weighted by Gasteiger charge is -2.30. The highest BCUT2D eigenvalue weighted by Crippen LogP contribution is 2.26. The lowest BCUT2D eigenvalue weighted by atomic mass is 9.93. The normalized spacial score (nSPS) is 21.6. The fourth-order valence-corrected chi connectivity index (χ4v) is 2.59. The second-order valence-electron chi connectivity index (χ2n) is 6.93. The number of rotatable bonds is 3. The molecule has 0 aliphatic heterocycles. The van der Waals surface area contributed by atoms with E-state index in [1.807, 2.05) is 20.8 Å². The predicted molar refractivity (Wildman–Crippen MR) is 86.9 cm³/mol. The van der Waals surface area contributed by atoms with Crippen molar-refractivity contribution < 1.29 is 18.7 Å². The quantitative estimate of drug-likeness (QED) is 0.833. The molecule has 0 atom stereocenters. The summed E-state index contributed by atoms with van der Waals surface area (Å²) in [6.07, 6.45) is 2.62. The fraction of sp³-hybridized carbons (Fsp3) is 0.588. The number of hydrogen-bond donors (Lipinski definition) is 2. The smallest absolute Gasteiger partial charge is 0.407 e. The van der Waals surface area contributed by atoms with Crippen LogP contribution >= 0.6 is 0 Å². The number of benzene rings is 1. The predicted octanol–water partition coefficient (Wildman–Crippen LogP) is 3.62. The first-order valence-corrected chi connectivity index (χ1v) is 7.94. The number of nitrogens with two attached hydrogens (primary N) is 1. The van der Waals surface area contributed by atoms with Gasteiger partial charge in [-0.2, -0.15) is 0 Å². The topological polar surface area (TPSA) is 73.6 Å². The summed E-state index contributed by atoms with van der Waals surface area (Å²) >= 11 is 0. The standard InChI is InChI=1S/C17H25FN2O3/c1-17(2,3)23-16(21)20-12-5-7-13(8-6-12)22-15-9-4-11(19)10-14(15)18/h4,9-10,12-13H,5-8,19H2,1-3H3,(H,20,21). The average molecular weight is 324 g/mol. The third-order valence-corrected chi connectivity index (χ3v) is 3.64. The summed E-state index contributed by atoms with van der Waals surface area (Å²) in [5.74, 6) is -0.221. The van der Waals surface area contributed by atoms with Crippen molar-refractivity contribution >= 4 is 11.8 Å². The molecule has 6 heteroatoms. The molecule has 0 spiro atoms. The Morgan fingerprint density at radius 3 is 2.48 bits per heavy atom. The summed E-state index contributed by atoms with van der Waals surface area (Å²) in [6, 6.07) is 4.50. The van der Waals surface area contributed by atoms with Gasteiger partial charge in [-0.3, -0.25) is 0 Å². The molecule has 5 nitrogen and oxygen atoms in total. The fourth-order valence-electron chi connectivity index (χ4n) is 2.59. The Labute approximate surface area is 136 Å². The van der Waals surface area contributed by atoms with Crippen LogP contribution in [0.4, 0.5) is 14.9 Å². The molecule has 0 heterocycles. The lowest BCUT2D eigenvalue weighted by Crippen LogP contribution is -2.42. The van der Waals surface area contributed by atoms with Gasteiger partial charge >= 0.3 is 6.09 Å². The molecule has 1 aromatic carbocycles. The molecule has 0 radical (unpaired) electrons. The SMILES string of the molecule is CC(C)(C)OC(=O)NC1CCC(Oc2ccc(N)cc2F)CC1. The molecule has 2 rings (SSSR count). The number of amides is 1. The van der Waals surface area contributed by atoms with E-state index in [0.717, 1.165) is 25.7 Å². The first kappa shape index (κ1) is 17.4. The Morgan fingerprint density at radius 1 is 1.26 bits per heavy atom. The van der Waals surface area contributed by atoms with E-state index < -0.39 is 17.5 Å². The molecular weight excluding hydrogens is 299 g/mol. The van der Waals surface area contributed by atoms with E-state index in [0.29, 0.717) is 5.69 Å². The van der Waals surface area contributed by atoms with Crippen molar-refractivity contribution in [2.24, 2.45) is 0 Å². The van der Waals surface area contributed by atoms with Crippen LogP contribution in [0, 0.1) is 5.82 Å². The third kappa shape index (κ3) is 5.62. The maximum Gasteiger partial charge on any atom is 0.407 e. The summed E-state index contributed by atoms with van der Waals surface area (Å²) in [5.41, 5.74) is 5.39. The Morgan fingerprint density at radius 2 is 1.91 bits per heavy atom. The van der Waals surface area contributed by atoms with Crippen molar-refractivity contribution in [3.8, 4) is 5.75 Å². The summed E-state index contributed by atoms with van der Waals surface area (Å²) in [7, 11) is 0. The van der Waals surface area contributed by atoms with Crippen LogP contribution in [0.2, 0.25) is 0 Å². The molecule has 0 bridgehead atoms.